The van der Waals surface area contributed by atoms with E-state index >= 15 is 0 Å². The zero-order valence-corrected chi connectivity index (χ0v) is 21.4. The standard InChI is InChI=1S/C20H31N5OS2.HI/c1-4-16-13-23-19(28-16)7-8-22-20(21-3)24-14-17(18-6-5-15(2)27-18)25-9-11-26-12-10-25;/h5-6,13,17H,4,7-12,14H2,1-3H3,(H2,21,22,24);1H. The van der Waals surface area contributed by atoms with E-state index in [2.05, 4.69) is 51.5 Å². The summed E-state index contributed by atoms with van der Waals surface area (Å²) in [5, 5.41) is 8.13. The number of rotatable bonds is 8. The fourth-order valence-corrected chi connectivity index (χ4v) is 5.13. The van der Waals surface area contributed by atoms with Crippen molar-refractivity contribution >= 4 is 52.6 Å². The van der Waals surface area contributed by atoms with Gasteiger partial charge in [-0.1, -0.05) is 6.92 Å². The lowest BCUT2D eigenvalue weighted by Crippen LogP contribution is -2.46. The van der Waals surface area contributed by atoms with Gasteiger partial charge in [0.05, 0.1) is 24.3 Å². The molecule has 0 saturated carbocycles. The molecule has 0 spiro atoms. The van der Waals surface area contributed by atoms with E-state index in [9.17, 15) is 0 Å². The van der Waals surface area contributed by atoms with Gasteiger partial charge < -0.3 is 15.4 Å². The molecule has 162 valence electrons. The van der Waals surface area contributed by atoms with Gasteiger partial charge in [-0.05, 0) is 25.5 Å². The maximum absolute atomic E-state index is 5.54. The number of aliphatic imine (C=N–C) groups is 1. The summed E-state index contributed by atoms with van der Waals surface area (Å²) in [5.74, 6) is 0.846. The Morgan fingerprint density at radius 2 is 2.07 bits per heavy atom. The number of halogens is 1. The molecule has 2 N–H and O–H groups in total. The first kappa shape index (κ1) is 24.5. The van der Waals surface area contributed by atoms with E-state index in [1.807, 2.05) is 24.6 Å². The van der Waals surface area contributed by atoms with Gasteiger partial charge in [0.1, 0.15) is 0 Å². The third-order valence-electron chi connectivity index (χ3n) is 4.84. The number of nitrogens with one attached hydrogen (secondary N) is 2. The van der Waals surface area contributed by atoms with Crippen LogP contribution in [0.4, 0.5) is 0 Å². The summed E-state index contributed by atoms with van der Waals surface area (Å²) in [5.41, 5.74) is 0. The molecular weight excluding hydrogens is 517 g/mol. The molecule has 0 bridgehead atoms. The third kappa shape index (κ3) is 7.46. The number of guanidine groups is 1. The number of aromatic nitrogens is 1. The van der Waals surface area contributed by atoms with Gasteiger partial charge in [-0.3, -0.25) is 9.89 Å². The van der Waals surface area contributed by atoms with E-state index in [0.717, 1.165) is 58.2 Å². The Kier molecular flexibility index (Phi) is 10.9. The zero-order chi connectivity index (χ0) is 19.8. The minimum atomic E-state index is 0. The molecule has 1 aliphatic rings. The minimum absolute atomic E-state index is 0. The summed E-state index contributed by atoms with van der Waals surface area (Å²) in [4.78, 5) is 15.5. The van der Waals surface area contributed by atoms with Crippen LogP contribution in [-0.4, -0.2) is 62.3 Å². The molecule has 0 aliphatic carbocycles. The van der Waals surface area contributed by atoms with Crippen LogP contribution in [0.1, 0.15) is 32.6 Å². The maximum atomic E-state index is 5.54. The molecule has 1 aliphatic heterocycles. The molecule has 2 aromatic rings. The second-order valence-corrected chi connectivity index (χ2v) is 9.34. The highest BCUT2D eigenvalue weighted by atomic mass is 127. The van der Waals surface area contributed by atoms with Crippen molar-refractivity contribution in [2.45, 2.75) is 32.7 Å². The van der Waals surface area contributed by atoms with Crippen molar-refractivity contribution in [2.75, 3.05) is 46.4 Å². The van der Waals surface area contributed by atoms with Gasteiger partial charge in [-0.25, -0.2) is 4.98 Å². The number of hydrogen-bond donors (Lipinski definition) is 2. The second kappa shape index (κ2) is 12.8. The maximum Gasteiger partial charge on any atom is 0.191 e. The molecule has 1 unspecified atom stereocenters. The average Bonchev–Trinajstić information content (AvgIpc) is 3.36. The largest absolute Gasteiger partial charge is 0.379 e. The lowest BCUT2D eigenvalue weighted by Gasteiger charge is -2.34. The molecule has 1 fully saturated rings. The van der Waals surface area contributed by atoms with Crippen LogP contribution in [0.2, 0.25) is 0 Å². The Morgan fingerprint density at radius 3 is 2.69 bits per heavy atom. The normalized spacial score (nSPS) is 16.3. The lowest BCUT2D eigenvalue weighted by molar-refractivity contribution is 0.0177. The first-order valence-electron chi connectivity index (χ1n) is 9.95. The van der Waals surface area contributed by atoms with Crippen LogP contribution >= 0.6 is 46.7 Å². The van der Waals surface area contributed by atoms with Crippen LogP contribution in [0.5, 0.6) is 0 Å². The topological polar surface area (TPSA) is 61.8 Å². The minimum Gasteiger partial charge on any atom is -0.379 e. The van der Waals surface area contributed by atoms with Gasteiger partial charge in [0.2, 0.25) is 0 Å². The van der Waals surface area contributed by atoms with E-state index in [1.165, 1.54) is 19.6 Å². The quantitative estimate of drug-likeness (QED) is 0.300. The lowest BCUT2D eigenvalue weighted by atomic mass is 10.2. The first-order valence-corrected chi connectivity index (χ1v) is 11.6. The number of morpholine rings is 1. The Hall–Kier alpha value is -0.750. The zero-order valence-electron chi connectivity index (χ0n) is 17.4. The Morgan fingerprint density at radius 1 is 1.28 bits per heavy atom. The molecule has 0 radical (unpaired) electrons. The Labute approximate surface area is 199 Å². The van der Waals surface area contributed by atoms with Gasteiger partial charge >= 0.3 is 0 Å². The number of thiophene rings is 1. The molecule has 1 atom stereocenters. The van der Waals surface area contributed by atoms with Crippen molar-refractivity contribution in [2.24, 2.45) is 4.99 Å². The SMILES string of the molecule is CCc1cnc(CCNC(=NC)NCC(c2ccc(C)s2)N2CCOCC2)s1.I. The molecule has 6 nitrogen and oxygen atoms in total. The molecule has 0 amide bonds. The number of hydrogen-bond acceptors (Lipinski definition) is 6. The van der Waals surface area contributed by atoms with E-state index < -0.39 is 0 Å². The number of ether oxygens (including phenoxy) is 1. The second-order valence-electron chi connectivity index (χ2n) is 6.82. The molecule has 2 aromatic heterocycles. The Balaban J connectivity index is 0.00000300. The van der Waals surface area contributed by atoms with Gasteiger partial charge in [0.25, 0.3) is 0 Å². The highest BCUT2D eigenvalue weighted by Crippen LogP contribution is 2.27. The van der Waals surface area contributed by atoms with E-state index in [1.54, 1.807) is 11.3 Å². The molecular formula is C20H32IN5OS2. The van der Waals surface area contributed by atoms with E-state index in [-0.39, 0.29) is 24.0 Å². The fraction of sp³-hybridized carbons (Fsp3) is 0.600. The fourth-order valence-electron chi connectivity index (χ4n) is 3.26. The third-order valence-corrected chi connectivity index (χ3v) is 7.15. The molecule has 29 heavy (non-hydrogen) atoms. The van der Waals surface area contributed by atoms with E-state index in [0.29, 0.717) is 6.04 Å². The average molecular weight is 550 g/mol. The summed E-state index contributed by atoms with van der Waals surface area (Å²) < 4.78 is 5.54. The summed E-state index contributed by atoms with van der Waals surface area (Å²) in [6, 6.07) is 4.80. The van der Waals surface area contributed by atoms with Crippen LogP contribution in [0.3, 0.4) is 0 Å². The van der Waals surface area contributed by atoms with Crippen molar-refractivity contribution in [3.63, 3.8) is 0 Å². The molecule has 9 heteroatoms. The van der Waals surface area contributed by atoms with Crippen molar-refractivity contribution < 1.29 is 4.74 Å². The van der Waals surface area contributed by atoms with Crippen LogP contribution in [0.15, 0.2) is 23.3 Å². The van der Waals surface area contributed by atoms with Crippen LogP contribution < -0.4 is 10.6 Å². The van der Waals surface area contributed by atoms with Gasteiger partial charge in [-0.2, -0.15) is 0 Å². The highest BCUT2D eigenvalue weighted by Gasteiger charge is 2.24. The molecule has 3 heterocycles. The van der Waals surface area contributed by atoms with E-state index in [4.69, 9.17) is 4.74 Å². The molecule has 0 aromatic carbocycles. The summed E-state index contributed by atoms with van der Waals surface area (Å²) in [6.45, 7) is 9.55. The first-order chi connectivity index (χ1) is 13.7. The molecule has 3 rings (SSSR count). The summed E-state index contributed by atoms with van der Waals surface area (Å²) in [7, 11) is 1.83. The van der Waals surface area contributed by atoms with Crippen molar-refractivity contribution in [3.05, 3.63) is 38.0 Å². The van der Waals surface area contributed by atoms with Crippen molar-refractivity contribution in [1.82, 2.24) is 20.5 Å². The van der Waals surface area contributed by atoms with Gasteiger partial charge in [0, 0.05) is 60.5 Å². The van der Waals surface area contributed by atoms with Gasteiger partial charge in [-0.15, -0.1) is 46.7 Å². The smallest absolute Gasteiger partial charge is 0.191 e. The van der Waals surface area contributed by atoms with Gasteiger partial charge in [0.15, 0.2) is 5.96 Å². The highest BCUT2D eigenvalue weighted by molar-refractivity contribution is 14.0. The van der Waals surface area contributed by atoms with Crippen molar-refractivity contribution in [3.8, 4) is 0 Å². The summed E-state index contributed by atoms with van der Waals surface area (Å²) >= 11 is 3.68. The predicted molar refractivity (Wildman–Crippen MR) is 134 cm³/mol. The summed E-state index contributed by atoms with van der Waals surface area (Å²) in [6.07, 6.45) is 3.96. The van der Waals surface area contributed by atoms with Crippen LogP contribution in [-0.2, 0) is 17.6 Å². The van der Waals surface area contributed by atoms with Crippen molar-refractivity contribution in [1.29, 1.82) is 0 Å². The number of thiazole rings is 1. The molecule has 1 saturated heterocycles. The van der Waals surface area contributed by atoms with Crippen LogP contribution in [0, 0.1) is 6.92 Å². The number of nitrogens with zero attached hydrogens (tertiary/aromatic N) is 3. The Bertz CT molecular complexity index is 758. The predicted octanol–water partition coefficient (Wildman–Crippen LogP) is 3.47. The number of aryl methyl sites for hydroxylation is 2. The monoisotopic (exact) mass is 549 g/mol. The van der Waals surface area contributed by atoms with Crippen LogP contribution in [0.25, 0.3) is 0 Å².